The molecule has 0 radical (unpaired) electrons. The summed E-state index contributed by atoms with van der Waals surface area (Å²) in [6.07, 6.45) is 4.72. The summed E-state index contributed by atoms with van der Waals surface area (Å²) in [5.41, 5.74) is 2.84. The Labute approximate surface area is 162 Å². The van der Waals surface area contributed by atoms with Crippen molar-refractivity contribution in [1.82, 2.24) is 5.32 Å². The molecule has 23 heavy (non-hydrogen) atoms. The van der Waals surface area contributed by atoms with Gasteiger partial charge in [-0.3, -0.25) is 0 Å². The molecule has 2 aromatic rings. The number of fused-ring (bicyclic) bond motifs is 1. The van der Waals surface area contributed by atoms with Gasteiger partial charge in [0.2, 0.25) is 0 Å². The van der Waals surface area contributed by atoms with Gasteiger partial charge in [-0.05, 0) is 102 Å². The van der Waals surface area contributed by atoms with Gasteiger partial charge in [0.15, 0.2) is 0 Å². The number of phenolic OH excluding ortho intramolecular Hbond substituents is 1. The van der Waals surface area contributed by atoms with Crippen molar-refractivity contribution >= 4 is 46.3 Å². The van der Waals surface area contributed by atoms with E-state index in [1.165, 1.54) is 28.8 Å². The van der Waals surface area contributed by atoms with Crippen LogP contribution in [0, 0.1) is 9.49 Å². The van der Waals surface area contributed by atoms with Crippen LogP contribution in [0.4, 0.5) is 0 Å². The molecule has 2 nitrogen and oxygen atoms in total. The van der Waals surface area contributed by atoms with E-state index in [1.54, 1.807) is 0 Å². The van der Waals surface area contributed by atoms with Crippen molar-refractivity contribution < 1.29 is 5.11 Å². The van der Waals surface area contributed by atoms with Crippen LogP contribution in [0.15, 0.2) is 29.6 Å². The van der Waals surface area contributed by atoms with Crippen molar-refractivity contribution in [3.05, 3.63) is 49.2 Å². The van der Waals surface area contributed by atoms with Crippen molar-refractivity contribution in [1.29, 1.82) is 0 Å². The van der Waals surface area contributed by atoms with Crippen molar-refractivity contribution in [3.8, 4) is 5.75 Å². The van der Waals surface area contributed by atoms with Crippen LogP contribution in [0.25, 0.3) is 0 Å². The lowest BCUT2D eigenvalue weighted by molar-refractivity contribution is 0.366. The fourth-order valence-corrected chi connectivity index (χ4v) is 5.24. The first-order valence-electron chi connectivity index (χ1n) is 7.88. The standard InChI is InChI=1S/C18H22INOS.ClH/c1-20-11-12(10-13-4-3-9-22-13)14-5-2-6-16-15(14)7-8-17(21)18(16)19;/h3-4,7-9,12,14,20-21H,2,5-6,10-11H2,1H3;1H. The Bertz CT molecular complexity index is 632. The summed E-state index contributed by atoms with van der Waals surface area (Å²) in [6, 6.07) is 8.43. The topological polar surface area (TPSA) is 32.3 Å². The molecule has 0 spiro atoms. The summed E-state index contributed by atoms with van der Waals surface area (Å²) >= 11 is 4.16. The highest BCUT2D eigenvalue weighted by atomic mass is 127. The smallest absolute Gasteiger partial charge is 0.129 e. The molecule has 0 fully saturated rings. The molecule has 3 rings (SSSR count). The molecule has 2 unspecified atom stereocenters. The predicted octanol–water partition coefficient (Wildman–Crippen LogP) is 4.98. The number of hydrogen-bond donors (Lipinski definition) is 2. The van der Waals surface area contributed by atoms with Gasteiger partial charge in [0, 0.05) is 4.88 Å². The van der Waals surface area contributed by atoms with E-state index in [9.17, 15) is 5.11 Å². The Morgan fingerprint density at radius 3 is 2.91 bits per heavy atom. The number of thiophene rings is 1. The summed E-state index contributed by atoms with van der Waals surface area (Å²) in [5, 5.41) is 15.5. The quantitative estimate of drug-likeness (QED) is 0.613. The molecular weight excluding hydrogens is 441 g/mol. The SMILES string of the molecule is CNCC(Cc1cccs1)C1CCCc2c1ccc(O)c2I.Cl. The number of phenols is 1. The molecule has 2 N–H and O–H groups in total. The molecular formula is C18H23ClINOS. The molecule has 0 bridgehead atoms. The Morgan fingerprint density at radius 1 is 1.39 bits per heavy atom. The summed E-state index contributed by atoms with van der Waals surface area (Å²) < 4.78 is 1.05. The minimum Gasteiger partial charge on any atom is -0.507 e. The van der Waals surface area contributed by atoms with E-state index in [4.69, 9.17) is 0 Å². The van der Waals surface area contributed by atoms with Crippen LogP contribution >= 0.6 is 46.3 Å². The first kappa shape index (κ1) is 19.0. The van der Waals surface area contributed by atoms with Gasteiger partial charge in [0.25, 0.3) is 0 Å². The largest absolute Gasteiger partial charge is 0.507 e. The molecule has 0 aliphatic heterocycles. The van der Waals surface area contributed by atoms with Crippen LogP contribution in [-0.4, -0.2) is 18.7 Å². The van der Waals surface area contributed by atoms with Crippen LogP contribution in [0.1, 0.15) is 34.8 Å². The van der Waals surface area contributed by atoms with E-state index >= 15 is 0 Å². The zero-order valence-electron chi connectivity index (χ0n) is 13.2. The number of rotatable bonds is 5. The lowest BCUT2D eigenvalue weighted by Gasteiger charge is -2.33. The summed E-state index contributed by atoms with van der Waals surface area (Å²) in [7, 11) is 2.05. The van der Waals surface area contributed by atoms with E-state index in [1.807, 2.05) is 24.5 Å². The second-order valence-electron chi connectivity index (χ2n) is 6.07. The third kappa shape index (κ3) is 4.21. The monoisotopic (exact) mass is 463 g/mol. The second-order valence-corrected chi connectivity index (χ2v) is 8.18. The molecule has 2 atom stereocenters. The third-order valence-corrected chi connectivity index (χ3v) is 6.78. The molecule has 0 saturated heterocycles. The molecule has 1 aliphatic rings. The van der Waals surface area contributed by atoms with Crippen LogP contribution in [-0.2, 0) is 12.8 Å². The van der Waals surface area contributed by atoms with Crippen molar-refractivity contribution in [2.75, 3.05) is 13.6 Å². The summed E-state index contributed by atoms with van der Waals surface area (Å²) in [4.78, 5) is 1.47. The number of nitrogens with one attached hydrogen (secondary N) is 1. The van der Waals surface area contributed by atoms with Gasteiger partial charge in [-0.1, -0.05) is 12.1 Å². The Hall–Kier alpha value is -0.300. The highest BCUT2D eigenvalue weighted by Gasteiger charge is 2.29. The molecule has 1 aromatic carbocycles. The highest BCUT2D eigenvalue weighted by Crippen LogP contribution is 2.42. The fourth-order valence-electron chi connectivity index (χ4n) is 3.68. The lowest BCUT2D eigenvalue weighted by Crippen LogP contribution is -2.29. The van der Waals surface area contributed by atoms with Crippen molar-refractivity contribution in [3.63, 3.8) is 0 Å². The molecule has 1 heterocycles. The van der Waals surface area contributed by atoms with E-state index in [2.05, 4.69) is 51.5 Å². The molecule has 1 aliphatic carbocycles. The zero-order valence-corrected chi connectivity index (χ0v) is 17.0. The van der Waals surface area contributed by atoms with E-state index in [-0.39, 0.29) is 12.4 Å². The normalized spacial score (nSPS) is 18.1. The van der Waals surface area contributed by atoms with Gasteiger partial charge in [-0.25, -0.2) is 0 Å². The minimum absolute atomic E-state index is 0. The van der Waals surface area contributed by atoms with E-state index in [0.717, 1.165) is 23.0 Å². The summed E-state index contributed by atoms with van der Waals surface area (Å²) in [5.74, 6) is 1.64. The maximum absolute atomic E-state index is 9.99. The molecule has 126 valence electrons. The average Bonchev–Trinajstić information content (AvgIpc) is 3.03. The Balaban J connectivity index is 0.00000192. The van der Waals surface area contributed by atoms with Crippen LogP contribution in [0.3, 0.4) is 0 Å². The van der Waals surface area contributed by atoms with Gasteiger partial charge in [-0.2, -0.15) is 0 Å². The third-order valence-electron chi connectivity index (χ3n) is 4.68. The average molecular weight is 464 g/mol. The van der Waals surface area contributed by atoms with Gasteiger partial charge >= 0.3 is 0 Å². The lowest BCUT2D eigenvalue weighted by atomic mass is 9.74. The van der Waals surface area contributed by atoms with Crippen molar-refractivity contribution in [2.45, 2.75) is 31.6 Å². The predicted molar refractivity (Wildman–Crippen MR) is 109 cm³/mol. The second kappa shape index (κ2) is 8.70. The highest BCUT2D eigenvalue weighted by molar-refractivity contribution is 14.1. The number of aromatic hydroxyl groups is 1. The van der Waals surface area contributed by atoms with Crippen LogP contribution in [0.5, 0.6) is 5.75 Å². The van der Waals surface area contributed by atoms with Gasteiger partial charge in [0.1, 0.15) is 5.75 Å². The zero-order chi connectivity index (χ0) is 15.5. The Morgan fingerprint density at radius 2 is 2.22 bits per heavy atom. The molecule has 0 amide bonds. The van der Waals surface area contributed by atoms with Crippen LogP contribution < -0.4 is 5.32 Å². The van der Waals surface area contributed by atoms with Gasteiger partial charge in [0.05, 0.1) is 3.57 Å². The first-order chi connectivity index (χ1) is 10.7. The number of hydrogen-bond acceptors (Lipinski definition) is 3. The maximum Gasteiger partial charge on any atom is 0.129 e. The number of halogens is 2. The van der Waals surface area contributed by atoms with Gasteiger partial charge < -0.3 is 10.4 Å². The van der Waals surface area contributed by atoms with Gasteiger partial charge in [-0.15, -0.1) is 23.7 Å². The first-order valence-corrected chi connectivity index (χ1v) is 9.83. The molecule has 5 heteroatoms. The van der Waals surface area contributed by atoms with E-state index in [0.29, 0.717) is 17.6 Å². The number of benzene rings is 1. The fraction of sp³-hybridized carbons (Fsp3) is 0.444. The van der Waals surface area contributed by atoms with Crippen molar-refractivity contribution in [2.24, 2.45) is 5.92 Å². The minimum atomic E-state index is 0. The van der Waals surface area contributed by atoms with E-state index < -0.39 is 0 Å². The van der Waals surface area contributed by atoms with Crippen LogP contribution in [0.2, 0.25) is 0 Å². The molecule has 1 aromatic heterocycles. The Kier molecular flexibility index (Phi) is 7.19. The maximum atomic E-state index is 9.99. The summed E-state index contributed by atoms with van der Waals surface area (Å²) in [6.45, 7) is 1.04. The molecule has 0 saturated carbocycles.